The molecule has 0 aromatic heterocycles. The molecule has 1 amide bonds. The number of benzene rings is 1. The fourth-order valence-electron chi connectivity index (χ4n) is 3.58. The standard InChI is InChI=1S/C19H29N3O/c1-19(2,3)22-13-17(14-22)20(4)16-10-11-21(12-16)18(23)15-8-6-5-7-9-15/h5-9,16-17H,10-14H2,1-4H3/t16-/m0/s1. The summed E-state index contributed by atoms with van der Waals surface area (Å²) in [4.78, 5) is 19.6. The summed E-state index contributed by atoms with van der Waals surface area (Å²) in [5, 5.41) is 0. The Morgan fingerprint density at radius 2 is 1.74 bits per heavy atom. The van der Waals surface area contributed by atoms with E-state index in [0.717, 1.165) is 38.2 Å². The van der Waals surface area contributed by atoms with E-state index in [1.54, 1.807) is 0 Å². The molecule has 0 N–H and O–H groups in total. The van der Waals surface area contributed by atoms with Crippen molar-refractivity contribution in [2.24, 2.45) is 0 Å². The normalized spacial score (nSPS) is 23.3. The van der Waals surface area contributed by atoms with Crippen LogP contribution >= 0.6 is 0 Å². The molecule has 3 rings (SSSR count). The van der Waals surface area contributed by atoms with Crippen molar-refractivity contribution in [3.8, 4) is 0 Å². The molecule has 0 saturated carbocycles. The first-order valence-corrected chi connectivity index (χ1v) is 8.67. The average molecular weight is 315 g/mol. The summed E-state index contributed by atoms with van der Waals surface area (Å²) in [7, 11) is 2.23. The van der Waals surface area contributed by atoms with Gasteiger partial charge in [0.25, 0.3) is 5.91 Å². The molecular formula is C19H29N3O. The maximum Gasteiger partial charge on any atom is 0.253 e. The van der Waals surface area contributed by atoms with Gasteiger partial charge in [-0.15, -0.1) is 0 Å². The predicted molar refractivity (Wildman–Crippen MR) is 93.6 cm³/mol. The minimum atomic E-state index is 0.173. The molecule has 4 heteroatoms. The summed E-state index contributed by atoms with van der Waals surface area (Å²) in [6, 6.07) is 10.8. The lowest BCUT2D eigenvalue weighted by atomic mass is 9.96. The molecule has 1 aromatic rings. The molecule has 4 nitrogen and oxygen atoms in total. The van der Waals surface area contributed by atoms with E-state index in [2.05, 4.69) is 37.6 Å². The number of likely N-dealkylation sites (N-methyl/N-ethyl adjacent to an activating group) is 1. The Hall–Kier alpha value is -1.39. The summed E-state index contributed by atoms with van der Waals surface area (Å²) in [6.45, 7) is 10.8. The lowest BCUT2D eigenvalue weighted by molar-refractivity contribution is -0.0256. The van der Waals surface area contributed by atoms with Gasteiger partial charge in [-0.2, -0.15) is 0 Å². The van der Waals surface area contributed by atoms with E-state index in [4.69, 9.17) is 0 Å². The van der Waals surface area contributed by atoms with E-state index in [-0.39, 0.29) is 11.4 Å². The van der Waals surface area contributed by atoms with E-state index >= 15 is 0 Å². The molecule has 2 aliphatic rings. The van der Waals surface area contributed by atoms with Gasteiger partial charge in [-0.1, -0.05) is 18.2 Å². The summed E-state index contributed by atoms with van der Waals surface area (Å²) in [5.41, 5.74) is 1.07. The third-order valence-electron chi connectivity index (χ3n) is 5.43. The highest BCUT2D eigenvalue weighted by atomic mass is 16.2. The molecule has 1 atom stereocenters. The second-order valence-electron chi connectivity index (χ2n) is 7.95. The Labute approximate surface area is 140 Å². The molecule has 2 heterocycles. The van der Waals surface area contributed by atoms with Crippen LogP contribution in [0.15, 0.2) is 30.3 Å². The smallest absolute Gasteiger partial charge is 0.253 e. The van der Waals surface area contributed by atoms with Crippen LogP contribution in [0.4, 0.5) is 0 Å². The van der Waals surface area contributed by atoms with Crippen molar-refractivity contribution < 1.29 is 4.79 Å². The first kappa shape index (κ1) is 16.5. The fourth-order valence-corrected chi connectivity index (χ4v) is 3.58. The van der Waals surface area contributed by atoms with Gasteiger partial charge in [-0.05, 0) is 46.4 Å². The van der Waals surface area contributed by atoms with Crippen LogP contribution in [-0.4, -0.2) is 71.5 Å². The van der Waals surface area contributed by atoms with Gasteiger partial charge in [-0.25, -0.2) is 0 Å². The molecule has 1 aromatic carbocycles. The number of carbonyl (C=O) groups excluding carboxylic acids is 1. The Bertz CT molecular complexity index is 545. The molecule has 0 spiro atoms. The molecular weight excluding hydrogens is 286 g/mol. The third kappa shape index (κ3) is 3.43. The molecule has 0 bridgehead atoms. The van der Waals surface area contributed by atoms with E-state index in [0.29, 0.717) is 12.1 Å². The summed E-state index contributed by atoms with van der Waals surface area (Å²) >= 11 is 0. The van der Waals surface area contributed by atoms with E-state index in [1.807, 2.05) is 35.2 Å². The van der Waals surface area contributed by atoms with Crippen molar-refractivity contribution in [3.05, 3.63) is 35.9 Å². The fraction of sp³-hybridized carbons (Fsp3) is 0.632. The minimum absolute atomic E-state index is 0.173. The second-order valence-corrected chi connectivity index (χ2v) is 7.95. The highest BCUT2D eigenvalue weighted by Crippen LogP contribution is 2.27. The van der Waals surface area contributed by atoms with Crippen molar-refractivity contribution >= 4 is 5.91 Å². The van der Waals surface area contributed by atoms with Crippen LogP contribution < -0.4 is 0 Å². The number of likely N-dealkylation sites (tertiary alicyclic amines) is 2. The van der Waals surface area contributed by atoms with Crippen molar-refractivity contribution in [1.82, 2.24) is 14.7 Å². The molecule has 2 saturated heterocycles. The maximum atomic E-state index is 12.6. The van der Waals surface area contributed by atoms with Gasteiger partial charge in [0.05, 0.1) is 0 Å². The lowest BCUT2D eigenvalue weighted by Gasteiger charge is -2.51. The van der Waals surface area contributed by atoms with Crippen LogP contribution in [0.3, 0.4) is 0 Å². The number of hydrogen-bond acceptors (Lipinski definition) is 3. The SMILES string of the molecule is CN(C1CN(C(C)(C)C)C1)[C@H]1CCN(C(=O)c2ccccc2)C1. The van der Waals surface area contributed by atoms with Gasteiger partial charge < -0.3 is 4.90 Å². The number of nitrogens with zero attached hydrogens (tertiary/aromatic N) is 3. The van der Waals surface area contributed by atoms with Crippen molar-refractivity contribution in [2.45, 2.75) is 44.8 Å². The van der Waals surface area contributed by atoms with E-state index < -0.39 is 0 Å². The zero-order chi connectivity index (χ0) is 16.6. The molecule has 126 valence electrons. The van der Waals surface area contributed by atoms with Crippen molar-refractivity contribution in [3.63, 3.8) is 0 Å². The number of carbonyl (C=O) groups is 1. The summed E-state index contributed by atoms with van der Waals surface area (Å²) < 4.78 is 0. The molecule has 2 aliphatic heterocycles. The first-order chi connectivity index (χ1) is 10.9. The van der Waals surface area contributed by atoms with Gasteiger partial charge >= 0.3 is 0 Å². The maximum absolute atomic E-state index is 12.6. The van der Waals surface area contributed by atoms with E-state index in [1.165, 1.54) is 0 Å². The number of hydrogen-bond donors (Lipinski definition) is 0. The van der Waals surface area contributed by atoms with Gasteiger partial charge in [-0.3, -0.25) is 14.6 Å². The summed E-state index contributed by atoms with van der Waals surface area (Å²) in [6.07, 6.45) is 1.08. The van der Waals surface area contributed by atoms with Crippen LogP contribution in [0, 0.1) is 0 Å². The van der Waals surface area contributed by atoms with Crippen LogP contribution in [0.25, 0.3) is 0 Å². The molecule has 23 heavy (non-hydrogen) atoms. The molecule has 0 aliphatic carbocycles. The Morgan fingerprint density at radius 3 is 2.35 bits per heavy atom. The Kier molecular flexibility index (Phi) is 4.47. The zero-order valence-electron chi connectivity index (χ0n) is 14.8. The van der Waals surface area contributed by atoms with Crippen LogP contribution in [0.5, 0.6) is 0 Å². The van der Waals surface area contributed by atoms with Crippen molar-refractivity contribution in [1.29, 1.82) is 0 Å². The molecule has 2 fully saturated rings. The highest BCUT2D eigenvalue weighted by Gasteiger charge is 2.40. The predicted octanol–water partition coefficient (Wildman–Crippen LogP) is 2.32. The largest absolute Gasteiger partial charge is 0.337 e. The zero-order valence-corrected chi connectivity index (χ0v) is 14.8. The van der Waals surface area contributed by atoms with Crippen LogP contribution in [0.1, 0.15) is 37.6 Å². The van der Waals surface area contributed by atoms with Crippen molar-refractivity contribution in [2.75, 3.05) is 33.2 Å². The number of amides is 1. The quantitative estimate of drug-likeness (QED) is 0.856. The van der Waals surface area contributed by atoms with Gasteiger partial charge in [0.15, 0.2) is 0 Å². The van der Waals surface area contributed by atoms with Gasteiger partial charge in [0, 0.05) is 49.4 Å². The van der Waals surface area contributed by atoms with Gasteiger partial charge in [0.2, 0.25) is 0 Å². The lowest BCUT2D eigenvalue weighted by Crippen LogP contribution is -2.65. The number of rotatable bonds is 3. The summed E-state index contributed by atoms with van der Waals surface area (Å²) in [5.74, 6) is 0.173. The van der Waals surface area contributed by atoms with Crippen LogP contribution in [0.2, 0.25) is 0 Å². The van der Waals surface area contributed by atoms with E-state index in [9.17, 15) is 4.79 Å². The topological polar surface area (TPSA) is 26.8 Å². The highest BCUT2D eigenvalue weighted by molar-refractivity contribution is 5.94. The average Bonchev–Trinajstić information content (AvgIpc) is 2.94. The first-order valence-electron chi connectivity index (χ1n) is 8.67. The molecule has 0 radical (unpaired) electrons. The Balaban J connectivity index is 1.53. The second kappa shape index (κ2) is 6.25. The molecule has 0 unspecified atom stereocenters. The Morgan fingerprint density at radius 1 is 1.09 bits per heavy atom. The third-order valence-corrected chi connectivity index (χ3v) is 5.43. The van der Waals surface area contributed by atoms with Crippen LogP contribution in [-0.2, 0) is 0 Å². The monoisotopic (exact) mass is 315 g/mol. The van der Waals surface area contributed by atoms with Gasteiger partial charge in [0.1, 0.15) is 0 Å². The minimum Gasteiger partial charge on any atom is -0.337 e.